The van der Waals surface area contributed by atoms with E-state index in [2.05, 4.69) is 15.6 Å². The number of anilines is 1. The molecule has 0 saturated carbocycles. The number of hydrogen-bond acceptors (Lipinski definition) is 5. The van der Waals surface area contributed by atoms with Crippen molar-refractivity contribution in [1.82, 2.24) is 10.3 Å². The molecule has 2 amide bonds. The smallest absolute Gasteiger partial charge is 0.270 e. The van der Waals surface area contributed by atoms with Crippen LogP contribution in [0.4, 0.5) is 5.13 Å². The van der Waals surface area contributed by atoms with Gasteiger partial charge in [0.05, 0.1) is 12.5 Å². The first-order chi connectivity index (χ1) is 10.5. The third-order valence-electron chi connectivity index (χ3n) is 2.75. The van der Waals surface area contributed by atoms with E-state index >= 15 is 0 Å². The molecule has 2 aromatic rings. The molecule has 1 atom stereocenters. The SMILES string of the molecule is CC(O)CNC(=O)c1csc(NC(=O)Cc2ccccc2)n1. The van der Waals surface area contributed by atoms with Gasteiger partial charge in [-0.1, -0.05) is 30.3 Å². The van der Waals surface area contributed by atoms with Crippen LogP contribution in [0, 0.1) is 0 Å². The monoisotopic (exact) mass is 319 g/mol. The third-order valence-corrected chi connectivity index (χ3v) is 3.51. The summed E-state index contributed by atoms with van der Waals surface area (Å²) in [6, 6.07) is 9.38. The minimum atomic E-state index is -0.618. The van der Waals surface area contributed by atoms with E-state index < -0.39 is 6.10 Å². The van der Waals surface area contributed by atoms with Crippen molar-refractivity contribution in [2.45, 2.75) is 19.4 Å². The highest BCUT2D eigenvalue weighted by Gasteiger charge is 2.13. The second kappa shape index (κ2) is 7.67. The summed E-state index contributed by atoms with van der Waals surface area (Å²) in [4.78, 5) is 27.7. The number of nitrogens with zero attached hydrogens (tertiary/aromatic N) is 1. The molecular weight excluding hydrogens is 302 g/mol. The number of amides is 2. The molecule has 0 radical (unpaired) electrons. The first-order valence-corrected chi connectivity index (χ1v) is 7.68. The molecule has 0 aliphatic heterocycles. The van der Waals surface area contributed by atoms with E-state index in [9.17, 15) is 9.59 Å². The van der Waals surface area contributed by atoms with E-state index in [1.807, 2.05) is 30.3 Å². The standard InChI is InChI=1S/C15H17N3O3S/c1-10(19)8-16-14(21)12-9-22-15(17-12)18-13(20)7-11-5-3-2-4-6-11/h2-6,9-10,19H,7-8H2,1H3,(H,16,21)(H,17,18,20). The fraction of sp³-hybridized carbons (Fsp3) is 0.267. The number of hydrogen-bond donors (Lipinski definition) is 3. The highest BCUT2D eigenvalue weighted by molar-refractivity contribution is 7.14. The van der Waals surface area contributed by atoms with Crippen LogP contribution in [-0.4, -0.2) is 34.6 Å². The van der Waals surface area contributed by atoms with Gasteiger partial charge < -0.3 is 15.7 Å². The number of aliphatic hydroxyl groups excluding tert-OH is 1. The van der Waals surface area contributed by atoms with Crippen molar-refractivity contribution in [3.63, 3.8) is 0 Å². The summed E-state index contributed by atoms with van der Waals surface area (Å²) >= 11 is 1.18. The molecular formula is C15H17N3O3S. The number of benzene rings is 1. The Labute approximate surface area is 132 Å². The fourth-order valence-corrected chi connectivity index (χ4v) is 2.42. The highest BCUT2D eigenvalue weighted by Crippen LogP contribution is 2.15. The van der Waals surface area contributed by atoms with E-state index in [0.29, 0.717) is 5.13 Å². The Balaban J connectivity index is 1.89. The minimum Gasteiger partial charge on any atom is -0.392 e. The lowest BCUT2D eigenvalue weighted by molar-refractivity contribution is -0.115. The number of rotatable bonds is 6. The van der Waals surface area contributed by atoms with Gasteiger partial charge in [0, 0.05) is 11.9 Å². The molecule has 0 bridgehead atoms. The van der Waals surface area contributed by atoms with Gasteiger partial charge in [0.1, 0.15) is 5.69 Å². The number of thiazole rings is 1. The van der Waals surface area contributed by atoms with Gasteiger partial charge in [0.15, 0.2) is 5.13 Å². The number of carbonyl (C=O) groups excluding carboxylic acids is 2. The predicted octanol–water partition coefficient (Wildman–Crippen LogP) is 1.43. The molecule has 22 heavy (non-hydrogen) atoms. The lowest BCUT2D eigenvalue weighted by Crippen LogP contribution is -2.30. The molecule has 2 rings (SSSR count). The van der Waals surface area contributed by atoms with Gasteiger partial charge in [0.2, 0.25) is 5.91 Å². The van der Waals surface area contributed by atoms with E-state index in [1.165, 1.54) is 11.3 Å². The summed E-state index contributed by atoms with van der Waals surface area (Å²) < 4.78 is 0. The Hall–Kier alpha value is -2.25. The van der Waals surface area contributed by atoms with Crippen LogP contribution < -0.4 is 10.6 Å². The van der Waals surface area contributed by atoms with Crippen LogP contribution in [0.15, 0.2) is 35.7 Å². The molecule has 1 unspecified atom stereocenters. The second-order valence-corrected chi connectivity index (χ2v) is 5.67. The van der Waals surface area contributed by atoms with Crippen LogP contribution in [-0.2, 0) is 11.2 Å². The van der Waals surface area contributed by atoms with Gasteiger partial charge in [0.25, 0.3) is 5.91 Å². The van der Waals surface area contributed by atoms with Gasteiger partial charge in [-0.25, -0.2) is 4.98 Å². The van der Waals surface area contributed by atoms with Crippen LogP contribution >= 0.6 is 11.3 Å². The maximum atomic E-state index is 11.9. The average molecular weight is 319 g/mol. The molecule has 116 valence electrons. The largest absolute Gasteiger partial charge is 0.392 e. The van der Waals surface area contributed by atoms with Crippen molar-refractivity contribution in [3.8, 4) is 0 Å². The predicted molar refractivity (Wildman–Crippen MR) is 84.9 cm³/mol. The summed E-state index contributed by atoms with van der Waals surface area (Å²) in [6.07, 6.45) is -0.364. The molecule has 7 heteroatoms. The van der Waals surface area contributed by atoms with Crippen LogP contribution in [0.3, 0.4) is 0 Å². The highest BCUT2D eigenvalue weighted by atomic mass is 32.1. The average Bonchev–Trinajstić information content (AvgIpc) is 2.94. The summed E-state index contributed by atoms with van der Waals surface area (Å²) in [5, 5.41) is 16.3. The van der Waals surface area contributed by atoms with Gasteiger partial charge >= 0.3 is 0 Å². The lowest BCUT2D eigenvalue weighted by Gasteiger charge is -2.04. The Bertz CT molecular complexity index is 640. The molecule has 0 fully saturated rings. The van der Waals surface area contributed by atoms with Crippen LogP contribution in [0.2, 0.25) is 0 Å². The van der Waals surface area contributed by atoms with Crippen LogP contribution in [0.25, 0.3) is 0 Å². The zero-order chi connectivity index (χ0) is 15.9. The first kappa shape index (κ1) is 16.1. The van der Waals surface area contributed by atoms with E-state index in [0.717, 1.165) is 5.56 Å². The van der Waals surface area contributed by atoms with Crippen molar-refractivity contribution in [1.29, 1.82) is 0 Å². The topological polar surface area (TPSA) is 91.3 Å². The maximum absolute atomic E-state index is 11.9. The quantitative estimate of drug-likeness (QED) is 0.751. The Morgan fingerprint density at radius 3 is 2.73 bits per heavy atom. The molecule has 0 aliphatic carbocycles. The van der Waals surface area contributed by atoms with Crippen molar-refractivity contribution in [2.75, 3.05) is 11.9 Å². The third kappa shape index (κ3) is 4.94. The number of aromatic nitrogens is 1. The number of carbonyl (C=O) groups is 2. The molecule has 3 N–H and O–H groups in total. The van der Waals surface area contributed by atoms with E-state index in [1.54, 1.807) is 12.3 Å². The molecule has 1 aromatic heterocycles. The summed E-state index contributed by atoms with van der Waals surface area (Å²) in [6.45, 7) is 1.74. The zero-order valence-corrected chi connectivity index (χ0v) is 12.9. The Morgan fingerprint density at radius 2 is 2.05 bits per heavy atom. The molecule has 0 aliphatic rings. The molecule has 0 spiro atoms. The normalized spacial score (nSPS) is 11.7. The lowest BCUT2D eigenvalue weighted by atomic mass is 10.1. The summed E-state index contributed by atoms with van der Waals surface area (Å²) in [5.74, 6) is -0.558. The van der Waals surface area contributed by atoms with Crippen molar-refractivity contribution in [2.24, 2.45) is 0 Å². The number of aliphatic hydroxyl groups is 1. The summed E-state index contributed by atoms with van der Waals surface area (Å²) in [5.41, 5.74) is 1.13. The number of nitrogens with one attached hydrogen (secondary N) is 2. The van der Waals surface area contributed by atoms with E-state index in [4.69, 9.17) is 5.11 Å². The first-order valence-electron chi connectivity index (χ1n) is 6.80. The fourth-order valence-electron chi connectivity index (χ4n) is 1.71. The van der Waals surface area contributed by atoms with Crippen molar-refractivity contribution < 1.29 is 14.7 Å². The second-order valence-electron chi connectivity index (χ2n) is 4.81. The zero-order valence-electron chi connectivity index (χ0n) is 12.1. The van der Waals surface area contributed by atoms with E-state index in [-0.39, 0.29) is 30.5 Å². The molecule has 0 saturated heterocycles. The maximum Gasteiger partial charge on any atom is 0.270 e. The minimum absolute atomic E-state index is 0.159. The molecule has 1 aromatic carbocycles. The summed E-state index contributed by atoms with van der Waals surface area (Å²) in [7, 11) is 0. The Morgan fingerprint density at radius 1 is 1.32 bits per heavy atom. The van der Waals surface area contributed by atoms with Gasteiger partial charge in [-0.2, -0.15) is 0 Å². The molecule has 6 nitrogen and oxygen atoms in total. The van der Waals surface area contributed by atoms with Gasteiger partial charge in [-0.15, -0.1) is 11.3 Å². The van der Waals surface area contributed by atoms with Crippen molar-refractivity contribution >= 4 is 28.3 Å². The van der Waals surface area contributed by atoms with Crippen molar-refractivity contribution in [3.05, 3.63) is 47.0 Å². The van der Waals surface area contributed by atoms with Crippen LogP contribution in [0.1, 0.15) is 23.0 Å². The van der Waals surface area contributed by atoms with Gasteiger partial charge in [-0.3, -0.25) is 9.59 Å². The van der Waals surface area contributed by atoms with Gasteiger partial charge in [-0.05, 0) is 12.5 Å². The Kier molecular flexibility index (Phi) is 5.62. The molecule has 1 heterocycles. The van der Waals surface area contributed by atoms with Crippen LogP contribution in [0.5, 0.6) is 0 Å².